The third-order valence-electron chi connectivity index (χ3n) is 6.96. The molecule has 2 saturated heterocycles. The van der Waals surface area contributed by atoms with Crippen LogP contribution in [0.4, 0.5) is 22.7 Å². The second-order valence-corrected chi connectivity index (χ2v) is 9.11. The number of carbonyl (C=O) groups is 2. The summed E-state index contributed by atoms with van der Waals surface area (Å²) < 4.78 is 4.86. The van der Waals surface area contributed by atoms with E-state index in [2.05, 4.69) is 22.0 Å². The molecule has 0 unspecified atom stereocenters. The Kier molecular flexibility index (Phi) is 8.04. The van der Waals surface area contributed by atoms with Crippen LogP contribution in [-0.4, -0.2) is 74.6 Å². The summed E-state index contributed by atoms with van der Waals surface area (Å²) in [7, 11) is 1.31. The molecule has 10 heteroatoms. The van der Waals surface area contributed by atoms with Crippen LogP contribution >= 0.6 is 0 Å². The quantitative estimate of drug-likeness (QED) is 0.351. The standard InChI is InChI=1S/C26H33N5O5/c1-3-28-13-15-30(16-14-28)22-9-8-20(26(33)36-2)17-21(22)27-25(32)19-7-10-23(24(18-19)31(34)35)29-11-5-4-6-12-29/h7-10,17-18H,3-6,11-16H2,1-2H3,(H,27,32). The van der Waals surface area contributed by atoms with Gasteiger partial charge in [0, 0.05) is 50.9 Å². The Morgan fingerprint density at radius 3 is 2.19 bits per heavy atom. The minimum atomic E-state index is -0.505. The van der Waals surface area contributed by atoms with Gasteiger partial charge in [0.2, 0.25) is 0 Å². The number of nitro benzene ring substituents is 1. The summed E-state index contributed by atoms with van der Waals surface area (Å²) in [5, 5.41) is 14.7. The number of hydrogen-bond acceptors (Lipinski definition) is 8. The number of esters is 1. The van der Waals surface area contributed by atoms with Crippen LogP contribution in [0.5, 0.6) is 0 Å². The number of nitro groups is 1. The summed E-state index contributed by atoms with van der Waals surface area (Å²) in [6.45, 7) is 7.99. The SMILES string of the molecule is CCN1CCN(c2ccc(C(=O)OC)cc2NC(=O)c2ccc(N3CCCCC3)c([N+](=O)[O-])c2)CC1. The van der Waals surface area contributed by atoms with E-state index in [1.54, 1.807) is 24.3 Å². The number of carbonyl (C=O) groups excluding carboxylic acids is 2. The number of piperazine rings is 1. The van der Waals surface area contributed by atoms with Crippen LogP contribution in [0.2, 0.25) is 0 Å². The molecule has 2 aliphatic heterocycles. The molecule has 2 aromatic carbocycles. The van der Waals surface area contributed by atoms with Crippen LogP contribution in [0.25, 0.3) is 0 Å². The molecule has 2 aromatic rings. The molecule has 0 bridgehead atoms. The van der Waals surface area contributed by atoms with Gasteiger partial charge in [0.25, 0.3) is 11.6 Å². The van der Waals surface area contributed by atoms with Crippen LogP contribution in [0.15, 0.2) is 36.4 Å². The Morgan fingerprint density at radius 2 is 1.56 bits per heavy atom. The number of anilines is 3. The number of methoxy groups -OCH3 is 1. The van der Waals surface area contributed by atoms with Crippen LogP contribution in [0, 0.1) is 10.1 Å². The molecule has 36 heavy (non-hydrogen) atoms. The third-order valence-corrected chi connectivity index (χ3v) is 6.96. The van der Waals surface area contributed by atoms with E-state index in [4.69, 9.17) is 4.74 Å². The Hall–Kier alpha value is -3.66. The lowest BCUT2D eigenvalue weighted by Gasteiger charge is -2.36. The maximum absolute atomic E-state index is 13.3. The van der Waals surface area contributed by atoms with Crippen LogP contribution in [0.3, 0.4) is 0 Å². The summed E-state index contributed by atoms with van der Waals surface area (Å²) in [4.78, 5) is 43.4. The Morgan fingerprint density at radius 1 is 0.917 bits per heavy atom. The average Bonchev–Trinajstić information content (AvgIpc) is 2.92. The highest BCUT2D eigenvalue weighted by Gasteiger charge is 2.25. The minimum Gasteiger partial charge on any atom is -0.465 e. The predicted molar refractivity (Wildman–Crippen MR) is 139 cm³/mol. The van der Waals surface area contributed by atoms with Gasteiger partial charge in [-0.05, 0) is 56.1 Å². The Balaban J connectivity index is 1.62. The topological polar surface area (TPSA) is 108 Å². The van der Waals surface area contributed by atoms with Crippen molar-refractivity contribution in [2.75, 3.05) is 68.0 Å². The van der Waals surface area contributed by atoms with Crippen molar-refractivity contribution in [3.63, 3.8) is 0 Å². The van der Waals surface area contributed by atoms with E-state index in [1.165, 1.54) is 13.2 Å². The average molecular weight is 496 g/mol. The van der Waals surface area contributed by atoms with Gasteiger partial charge in [-0.1, -0.05) is 6.92 Å². The highest BCUT2D eigenvalue weighted by molar-refractivity contribution is 6.07. The number of benzene rings is 2. The number of hydrogen-bond donors (Lipinski definition) is 1. The fourth-order valence-corrected chi connectivity index (χ4v) is 4.87. The van der Waals surface area contributed by atoms with E-state index in [-0.39, 0.29) is 11.3 Å². The second-order valence-electron chi connectivity index (χ2n) is 9.11. The van der Waals surface area contributed by atoms with Crippen LogP contribution in [0.1, 0.15) is 46.9 Å². The summed E-state index contributed by atoms with van der Waals surface area (Å²) in [6.07, 6.45) is 3.10. The number of nitrogens with zero attached hydrogens (tertiary/aromatic N) is 4. The number of piperidine rings is 1. The molecule has 1 N–H and O–H groups in total. The van der Waals surface area contributed by atoms with E-state index in [0.717, 1.165) is 70.8 Å². The van der Waals surface area contributed by atoms with Gasteiger partial charge in [-0.2, -0.15) is 0 Å². The number of likely N-dealkylation sites (N-methyl/N-ethyl adjacent to an activating group) is 1. The fraction of sp³-hybridized carbons (Fsp3) is 0.462. The van der Waals surface area contributed by atoms with Gasteiger partial charge in [0.1, 0.15) is 5.69 Å². The highest BCUT2D eigenvalue weighted by atomic mass is 16.6. The van der Waals surface area contributed by atoms with Gasteiger partial charge in [-0.3, -0.25) is 14.9 Å². The Bertz CT molecular complexity index is 1120. The largest absolute Gasteiger partial charge is 0.465 e. The first-order valence-electron chi connectivity index (χ1n) is 12.5. The lowest BCUT2D eigenvalue weighted by atomic mass is 10.1. The zero-order chi connectivity index (χ0) is 25.7. The second kappa shape index (κ2) is 11.4. The molecule has 2 fully saturated rings. The molecule has 2 aliphatic rings. The minimum absolute atomic E-state index is 0.0798. The van der Waals surface area contributed by atoms with E-state index < -0.39 is 16.8 Å². The molecule has 192 valence electrons. The zero-order valence-electron chi connectivity index (χ0n) is 20.9. The van der Waals surface area contributed by atoms with Crippen molar-refractivity contribution in [3.05, 3.63) is 57.6 Å². The van der Waals surface area contributed by atoms with Crippen molar-refractivity contribution in [2.45, 2.75) is 26.2 Å². The van der Waals surface area contributed by atoms with E-state index in [9.17, 15) is 19.7 Å². The van der Waals surface area contributed by atoms with Gasteiger partial charge in [-0.25, -0.2) is 4.79 Å². The molecule has 0 atom stereocenters. The molecule has 0 saturated carbocycles. The first-order chi connectivity index (χ1) is 17.4. The molecule has 4 rings (SSSR count). The number of ether oxygens (including phenoxy) is 1. The monoisotopic (exact) mass is 495 g/mol. The van der Waals surface area contributed by atoms with Crippen LogP contribution < -0.4 is 15.1 Å². The molecule has 10 nitrogen and oxygen atoms in total. The van der Waals surface area contributed by atoms with Gasteiger partial charge >= 0.3 is 5.97 Å². The first-order valence-corrected chi connectivity index (χ1v) is 12.5. The molecule has 0 aliphatic carbocycles. The van der Waals surface area contributed by atoms with Crippen molar-refractivity contribution in [2.24, 2.45) is 0 Å². The molecular formula is C26H33N5O5. The highest BCUT2D eigenvalue weighted by Crippen LogP contribution is 2.33. The van der Waals surface area contributed by atoms with E-state index in [0.29, 0.717) is 16.9 Å². The molecular weight excluding hydrogens is 462 g/mol. The van der Waals surface area contributed by atoms with E-state index >= 15 is 0 Å². The number of nitrogens with one attached hydrogen (secondary N) is 1. The lowest BCUT2D eigenvalue weighted by Crippen LogP contribution is -2.46. The van der Waals surface area contributed by atoms with Crippen molar-refractivity contribution >= 4 is 34.6 Å². The Labute approximate surface area is 211 Å². The molecule has 0 radical (unpaired) electrons. The van der Waals surface area contributed by atoms with Gasteiger partial charge in [0.15, 0.2) is 0 Å². The zero-order valence-corrected chi connectivity index (χ0v) is 20.9. The predicted octanol–water partition coefficient (Wildman–Crippen LogP) is 3.77. The maximum Gasteiger partial charge on any atom is 0.337 e. The smallest absolute Gasteiger partial charge is 0.337 e. The van der Waals surface area contributed by atoms with Crippen molar-refractivity contribution in [3.8, 4) is 0 Å². The van der Waals surface area contributed by atoms with Gasteiger partial charge < -0.3 is 24.8 Å². The molecule has 0 spiro atoms. The van der Waals surface area contributed by atoms with Gasteiger partial charge in [-0.15, -0.1) is 0 Å². The molecule has 0 aromatic heterocycles. The van der Waals surface area contributed by atoms with Crippen molar-refractivity contribution < 1.29 is 19.2 Å². The van der Waals surface area contributed by atoms with Crippen LogP contribution in [-0.2, 0) is 4.74 Å². The molecule has 2 heterocycles. The summed E-state index contributed by atoms with van der Waals surface area (Å²) in [5.74, 6) is -0.979. The summed E-state index contributed by atoms with van der Waals surface area (Å²) in [6, 6.07) is 9.71. The van der Waals surface area contributed by atoms with Crippen molar-refractivity contribution in [1.82, 2.24) is 4.90 Å². The first kappa shape index (κ1) is 25.4. The summed E-state index contributed by atoms with van der Waals surface area (Å²) in [5.41, 5.74) is 2.23. The van der Waals surface area contributed by atoms with Crippen molar-refractivity contribution in [1.29, 1.82) is 0 Å². The maximum atomic E-state index is 13.3. The third kappa shape index (κ3) is 5.59. The fourth-order valence-electron chi connectivity index (χ4n) is 4.87. The normalized spacial score (nSPS) is 16.5. The molecule has 1 amide bonds. The van der Waals surface area contributed by atoms with E-state index in [1.807, 2.05) is 11.0 Å². The lowest BCUT2D eigenvalue weighted by molar-refractivity contribution is -0.384. The summed E-state index contributed by atoms with van der Waals surface area (Å²) >= 11 is 0. The van der Waals surface area contributed by atoms with Gasteiger partial charge in [0.05, 0.1) is 29.0 Å². The number of rotatable bonds is 7. The number of amides is 1.